The molecule has 1 aromatic heterocycles. The van der Waals surface area contributed by atoms with Crippen molar-refractivity contribution < 1.29 is 15.3 Å². The summed E-state index contributed by atoms with van der Waals surface area (Å²) in [4.78, 5) is 11.9. The van der Waals surface area contributed by atoms with E-state index in [1.54, 1.807) is 6.92 Å². The van der Waals surface area contributed by atoms with E-state index >= 15 is 0 Å². The summed E-state index contributed by atoms with van der Waals surface area (Å²) in [7, 11) is 0. The van der Waals surface area contributed by atoms with Crippen LogP contribution in [0.1, 0.15) is 22.2 Å². The Labute approximate surface area is 96.0 Å². The maximum absolute atomic E-state index is 11.5. The maximum Gasteiger partial charge on any atom is 0.354 e. The normalized spacial score (nSPS) is 9.73. The third kappa shape index (κ3) is 2.31. The molecule has 0 aliphatic carbocycles. The summed E-state index contributed by atoms with van der Waals surface area (Å²) < 4.78 is 5.69. The number of nitriles is 1. The van der Waals surface area contributed by atoms with Crippen molar-refractivity contribution in [1.29, 1.82) is 5.26 Å². The fourth-order valence-electron chi connectivity index (χ4n) is 1.06. The van der Waals surface area contributed by atoms with Gasteiger partial charge in [0.1, 0.15) is 11.6 Å². The number of rotatable bonds is 3. The van der Waals surface area contributed by atoms with Gasteiger partial charge in [0.2, 0.25) is 0 Å². The van der Waals surface area contributed by atoms with Crippen LogP contribution in [-0.4, -0.2) is 18.8 Å². The van der Waals surface area contributed by atoms with Gasteiger partial charge in [0.15, 0.2) is 10.6 Å². The smallest absolute Gasteiger partial charge is 0.354 e. The predicted molar refractivity (Wildman–Crippen MR) is 59.3 cm³/mol. The van der Waals surface area contributed by atoms with E-state index in [0.29, 0.717) is 22.7 Å². The number of thioether (sulfide) groups is 1. The van der Waals surface area contributed by atoms with Gasteiger partial charge < -0.3 is 10.5 Å². The third-order valence-corrected chi connectivity index (χ3v) is 4.06. The first-order valence-electron chi connectivity index (χ1n) is 4.25. The average Bonchev–Trinajstić information content (AvgIpc) is 2.55. The first-order valence-corrected chi connectivity index (χ1v) is 6.29. The molecule has 0 atom stereocenters. The number of nitrogens with zero attached hydrogens (tertiary/aromatic N) is 1. The number of thiophene rings is 1. The van der Waals surface area contributed by atoms with Crippen LogP contribution in [0.2, 0.25) is 0 Å². The van der Waals surface area contributed by atoms with Crippen molar-refractivity contribution in [1.82, 2.24) is 0 Å². The van der Waals surface area contributed by atoms with Crippen LogP contribution in [0, 0.1) is 11.3 Å². The van der Waals surface area contributed by atoms with Crippen molar-refractivity contribution in [2.75, 3.05) is 12.9 Å². The van der Waals surface area contributed by atoms with Crippen molar-refractivity contribution in [3.63, 3.8) is 0 Å². The van der Waals surface area contributed by atoms with Crippen molar-refractivity contribution in [3.8, 4) is 6.07 Å². The van der Waals surface area contributed by atoms with Crippen LogP contribution in [-0.2, 0) is 4.74 Å². The lowest BCUT2D eigenvalue weighted by Crippen LogP contribution is -2.42. The number of carbonyl (C=O) groups excluding carboxylic acids is 1. The second kappa shape index (κ2) is 5.16. The number of ether oxygens (including phenoxy) is 1. The van der Waals surface area contributed by atoms with Gasteiger partial charge in [0.25, 0.3) is 0 Å². The SMILES string of the molecule is CCOC(=O)c1sc(SC)c(C#N)c1[NH3+]. The summed E-state index contributed by atoms with van der Waals surface area (Å²) in [6.45, 7) is 2.07. The minimum absolute atomic E-state index is 0.326. The van der Waals surface area contributed by atoms with Gasteiger partial charge in [0, 0.05) is 0 Å². The molecule has 0 amide bonds. The first kappa shape index (κ1) is 12.0. The summed E-state index contributed by atoms with van der Waals surface area (Å²) in [5.74, 6) is -0.399. The molecule has 0 saturated carbocycles. The van der Waals surface area contributed by atoms with E-state index in [9.17, 15) is 4.79 Å². The van der Waals surface area contributed by atoms with Gasteiger partial charge in [-0.2, -0.15) is 5.26 Å². The zero-order valence-corrected chi connectivity index (χ0v) is 10.1. The van der Waals surface area contributed by atoms with E-state index in [-0.39, 0.29) is 0 Å². The largest absolute Gasteiger partial charge is 0.462 e. The highest BCUT2D eigenvalue weighted by atomic mass is 32.2. The highest BCUT2D eigenvalue weighted by molar-refractivity contribution is 8.00. The Bertz CT molecular complexity index is 420. The molecule has 0 aromatic carbocycles. The van der Waals surface area contributed by atoms with Crippen molar-refractivity contribution in [2.45, 2.75) is 11.1 Å². The topological polar surface area (TPSA) is 77.7 Å². The molecule has 15 heavy (non-hydrogen) atoms. The molecule has 80 valence electrons. The van der Waals surface area contributed by atoms with Gasteiger partial charge in [-0.1, -0.05) is 0 Å². The molecule has 0 spiro atoms. The second-order valence-electron chi connectivity index (χ2n) is 2.61. The van der Waals surface area contributed by atoms with Gasteiger partial charge in [-0.25, -0.2) is 4.79 Å². The zero-order chi connectivity index (χ0) is 11.4. The lowest BCUT2D eigenvalue weighted by Gasteiger charge is -1.96. The molecule has 0 bridgehead atoms. The summed E-state index contributed by atoms with van der Waals surface area (Å²) >= 11 is 2.70. The van der Waals surface area contributed by atoms with Gasteiger partial charge in [-0.05, 0) is 13.2 Å². The summed E-state index contributed by atoms with van der Waals surface area (Å²) in [6, 6.07) is 2.05. The molecule has 0 aliphatic rings. The lowest BCUT2D eigenvalue weighted by molar-refractivity contribution is -0.255. The quantitative estimate of drug-likeness (QED) is 0.643. The Morgan fingerprint density at radius 3 is 2.80 bits per heavy atom. The standard InChI is InChI=1S/C9H10N2O2S2/c1-3-13-8(12)7-6(11)5(4-10)9(14-2)15-7/h3,11H2,1-2H3/p+1. The van der Waals surface area contributed by atoms with Crippen molar-refractivity contribution in [2.24, 2.45) is 0 Å². The minimum Gasteiger partial charge on any atom is -0.462 e. The molecule has 1 heterocycles. The molecule has 0 unspecified atom stereocenters. The van der Waals surface area contributed by atoms with E-state index in [4.69, 9.17) is 10.00 Å². The Morgan fingerprint density at radius 1 is 1.73 bits per heavy atom. The Morgan fingerprint density at radius 2 is 2.40 bits per heavy atom. The monoisotopic (exact) mass is 243 g/mol. The zero-order valence-electron chi connectivity index (χ0n) is 8.49. The van der Waals surface area contributed by atoms with Crippen molar-refractivity contribution in [3.05, 3.63) is 10.4 Å². The van der Waals surface area contributed by atoms with E-state index in [1.807, 2.05) is 6.26 Å². The van der Waals surface area contributed by atoms with Crippen LogP contribution in [0.3, 0.4) is 0 Å². The Hall–Kier alpha value is -1.03. The van der Waals surface area contributed by atoms with Crippen LogP contribution in [0.5, 0.6) is 0 Å². The molecule has 4 nitrogen and oxygen atoms in total. The van der Waals surface area contributed by atoms with E-state index in [1.165, 1.54) is 23.1 Å². The molecule has 0 saturated heterocycles. The predicted octanol–water partition coefficient (Wildman–Crippen LogP) is 1.39. The molecule has 3 N–H and O–H groups in total. The van der Waals surface area contributed by atoms with Crippen molar-refractivity contribution >= 4 is 34.8 Å². The first-order chi connectivity index (χ1) is 7.15. The number of hydrogen-bond donors (Lipinski definition) is 1. The molecule has 0 aliphatic heterocycles. The molecule has 1 rings (SSSR count). The van der Waals surface area contributed by atoms with E-state index in [0.717, 1.165) is 4.21 Å². The molecule has 1 aromatic rings. The fourth-order valence-corrected chi connectivity index (χ4v) is 2.84. The summed E-state index contributed by atoms with van der Waals surface area (Å²) in [5.41, 5.74) is 4.70. The van der Waals surface area contributed by atoms with E-state index < -0.39 is 5.97 Å². The Kier molecular flexibility index (Phi) is 4.15. The van der Waals surface area contributed by atoms with Gasteiger partial charge >= 0.3 is 5.97 Å². The third-order valence-electron chi connectivity index (χ3n) is 1.73. The summed E-state index contributed by atoms with van der Waals surface area (Å²) in [5, 5.41) is 8.91. The van der Waals surface area contributed by atoms with Gasteiger partial charge in [0.05, 0.1) is 10.8 Å². The molecular formula is C9H11N2O2S2+. The number of quaternary nitrogens is 1. The molecule has 0 fully saturated rings. The van der Waals surface area contributed by atoms with E-state index in [2.05, 4.69) is 11.8 Å². The number of esters is 1. The van der Waals surface area contributed by atoms with Crippen LogP contribution in [0.4, 0.5) is 5.69 Å². The highest BCUT2D eigenvalue weighted by Gasteiger charge is 2.24. The average molecular weight is 243 g/mol. The second-order valence-corrected chi connectivity index (χ2v) is 4.70. The Balaban J connectivity index is 3.16. The molecule has 6 heteroatoms. The van der Waals surface area contributed by atoms with Crippen LogP contribution in [0.15, 0.2) is 4.21 Å². The van der Waals surface area contributed by atoms with Gasteiger partial charge in [-0.3, -0.25) is 0 Å². The highest BCUT2D eigenvalue weighted by Crippen LogP contribution is 2.35. The summed E-state index contributed by atoms with van der Waals surface area (Å²) in [6.07, 6.45) is 1.86. The van der Waals surface area contributed by atoms with Crippen LogP contribution in [0.25, 0.3) is 0 Å². The fraction of sp³-hybridized carbons (Fsp3) is 0.333. The molecule has 0 radical (unpaired) electrons. The van der Waals surface area contributed by atoms with Crippen LogP contribution < -0.4 is 5.73 Å². The van der Waals surface area contributed by atoms with Crippen LogP contribution >= 0.6 is 23.1 Å². The minimum atomic E-state index is -0.399. The molecular weight excluding hydrogens is 232 g/mol. The number of hydrogen-bond acceptors (Lipinski definition) is 5. The maximum atomic E-state index is 11.5. The lowest BCUT2D eigenvalue weighted by atomic mass is 10.3. The van der Waals surface area contributed by atoms with Gasteiger partial charge in [-0.15, -0.1) is 23.1 Å². The number of carbonyl (C=O) groups is 1.